The summed E-state index contributed by atoms with van der Waals surface area (Å²) in [6.45, 7) is 1.68. The molecule has 1 aromatic carbocycles. The van der Waals surface area contributed by atoms with Gasteiger partial charge in [-0.2, -0.15) is 13.2 Å². The van der Waals surface area contributed by atoms with Gasteiger partial charge in [0.2, 0.25) is 0 Å². The largest absolute Gasteiger partial charge is 0.492 e. The minimum atomic E-state index is -5.01. The molecular formula is C15H12F3N3O3. The number of rotatable bonds is 2. The van der Waals surface area contributed by atoms with Gasteiger partial charge in [0.15, 0.2) is 11.5 Å². The van der Waals surface area contributed by atoms with Crippen LogP contribution in [0.1, 0.15) is 5.69 Å². The summed E-state index contributed by atoms with van der Waals surface area (Å²) in [4.78, 5) is 15.9. The number of aryl methyl sites for hydroxylation is 1. The molecule has 0 bridgehead atoms. The highest BCUT2D eigenvalue weighted by atomic mass is 19.4. The van der Waals surface area contributed by atoms with E-state index in [9.17, 15) is 18.0 Å². The normalized spacial score (nSPS) is 15.0. The van der Waals surface area contributed by atoms with Crippen LogP contribution < -0.4 is 20.1 Å². The Labute approximate surface area is 134 Å². The molecule has 0 fully saturated rings. The van der Waals surface area contributed by atoms with Gasteiger partial charge in [0.05, 0.1) is 0 Å². The predicted molar refractivity (Wildman–Crippen MR) is 77.6 cm³/mol. The second kappa shape index (κ2) is 5.59. The summed E-state index contributed by atoms with van der Waals surface area (Å²) in [7, 11) is 0. The van der Waals surface area contributed by atoms with Crippen molar-refractivity contribution < 1.29 is 27.4 Å². The third kappa shape index (κ3) is 2.92. The molecule has 9 heteroatoms. The van der Waals surface area contributed by atoms with Gasteiger partial charge in [0.25, 0.3) is 0 Å². The summed E-state index contributed by atoms with van der Waals surface area (Å²) >= 11 is 0. The van der Waals surface area contributed by atoms with Crippen LogP contribution in [0.25, 0.3) is 0 Å². The monoisotopic (exact) mass is 339 g/mol. The maximum absolute atomic E-state index is 13.4. The van der Waals surface area contributed by atoms with Crippen molar-refractivity contribution in [1.82, 2.24) is 10.3 Å². The minimum Gasteiger partial charge on any atom is -0.424 e. The topological polar surface area (TPSA) is 72.5 Å². The number of hydrogen-bond donors (Lipinski definition) is 2. The second-order valence-corrected chi connectivity index (χ2v) is 5.01. The molecule has 0 atom stereocenters. The zero-order valence-electron chi connectivity index (χ0n) is 12.3. The van der Waals surface area contributed by atoms with E-state index in [4.69, 9.17) is 9.47 Å². The molecule has 0 radical (unpaired) electrons. The molecule has 1 aliphatic rings. The first-order chi connectivity index (χ1) is 11.3. The number of pyridine rings is 1. The van der Waals surface area contributed by atoms with E-state index < -0.39 is 18.1 Å². The number of anilines is 1. The number of hydrogen-bond acceptors (Lipinski definition) is 4. The molecule has 1 aliphatic heterocycles. The van der Waals surface area contributed by atoms with Gasteiger partial charge >= 0.3 is 18.1 Å². The molecule has 3 rings (SSSR count). The maximum Gasteiger partial charge on any atom is 0.492 e. The molecule has 0 saturated heterocycles. The smallest absolute Gasteiger partial charge is 0.424 e. The zero-order valence-corrected chi connectivity index (χ0v) is 12.3. The van der Waals surface area contributed by atoms with Crippen LogP contribution in [-0.2, 0) is 0 Å². The van der Waals surface area contributed by atoms with Crippen molar-refractivity contribution in [2.24, 2.45) is 0 Å². The van der Waals surface area contributed by atoms with Crippen molar-refractivity contribution in [2.75, 3.05) is 5.32 Å². The lowest BCUT2D eigenvalue weighted by molar-refractivity contribution is -0.317. The molecule has 2 amide bonds. The van der Waals surface area contributed by atoms with Crippen LogP contribution in [-0.4, -0.2) is 23.1 Å². The number of benzene rings is 1. The highest BCUT2D eigenvalue weighted by Gasteiger charge is 2.65. The van der Waals surface area contributed by atoms with Gasteiger partial charge in [0, 0.05) is 5.69 Å². The molecule has 0 spiro atoms. The average molecular weight is 339 g/mol. The average Bonchev–Trinajstić information content (AvgIpc) is 2.85. The lowest BCUT2D eigenvalue weighted by Crippen LogP contribution is -2.65. The first kappa shape index (κ1) is 15.9. The molecule has 0 saturated carbocycles. The third-order valence-electron chi connectivity index (χ3n) is 3.14. The second-order valence-electron chi connectivity index (χ2n) is 5.01. The number of para-hydroxylation sites is 2. The number of halogens is 3. The maximum atomic E-state index is 13.4. The van der Waals surface area contributed by atoms with Crippen LogP contribution in [0, 0.1) is 6.92 Å². The van der Waals surface area contributed by atoms with Crippen LogP contribution in [0.3, 0.4) is 0 Å². The number of aromatic nitrogens is 1. The van der Waals surface area contributed by atoms with Crippen LogP contribution in [0.15, 0.2) is 42.5 Å². The van der Waals surface area contributed by atoms with Gasteiger partial charge in [-0.05, 0) is 31.2 Å². The number of ether oxygens (including phenoxy) is 2. The zero-order chi connectivity index (χ0) is 17.4. The fraction of sp³-hybridized carbons (Fsp3) is 0.200. The summed E-state index contributed by atoms with van der Waals surface area (Å²) in [5, 5.41) is 3.90. The Morgan fingerprint density at radius 1 is 1.08 bits per heavy atom. The predicted octanol–water partition coefficient (Wildman–Crippen LogP) is 3.20. The quantitative estimate of drug-likeness (QED) is 0.881. The molecule has 2 heterocycles. The third-order valence-corrected chi connectivity index (χ3v) is 3.14. The number of amides is 2. The highest BCUT2D eigenvalue weighted by molar-refractivity contribution is 5.88. The van der Waals surface area contributed by atoms with Crippen molar-refractivity contribution in [3.63, 3.8) is 0 Å². The Hall–Kier alpha value is -2.97. The van der Waals surface area contributed by atoms with Crippen molar-refractivity contribution in [1.29, 1.82) is 0 Å². The van der Waals surface area contributed by atoms with E-state index in [0.29, 0.717) is 5.69 Å². The van der Waals surface area contributed by atoms with Crippen LogP contribution >= 0.6 is 0 Å². The fourth-order valence-corrected chi connectivity index (χ4v) is 2.10. The Kier molecular flexibility index (Phi) is 3.70. The summed E-state index contributed by atoms with van der Waals surface area (Å²) < 4.78 is 50.0. The number of urea groups is 1. The summed E-state index contributed by atoms with van der Waals surface area (Å²) in [5.41, 5.74) is 0.596. The SMILES string of the molecule is Cc1cccc(NC(=O)NC2(C(F)(F)F)Oc3ccccc3O2)n1. The van der Waals surface area contributed by atoms with E-state index in [1.54, 1.807) is 24.4 Å². The highest BCUT2D eigenvalue weighted by Crippen LogP contribution is 2.44. The molecule has 126 valence electrons. The molecular weight excluding hydrogens is 327 g/mol. The Morgan fingerprint density at radius 2 is 1.71 bits per heavy atom. The molecule has 24 heavy (non-hydrogen) atoms. The lowest BCUT2D eigenvalue weighted by atomic mass is 10.3. The van der Waals surface area contributed by atoms with Crippen LogP contribution in [0.4, 0.5) is 23.8 Å². The number of nitrogens with one attached hydrogen (secondary N) is 2. The molecule has 2 aromatic rings. The standard InChI is InChI=1S/C15H12F3N3O3/c1-9-5-4-8-12(19-9)20-13(22)21-15(14(16,17)18)23-10-6-2-3-7-11(10)24-15/h2-8H,1H3,(H2,19,20,21,22). The Balaban J connectivity index is 1.81. The fourth-order valence-electron chi connectivity index (χ4n) is 2.10. The van der Waals surface area contributed by atoms with Crippen molar-refractivity contribution in [2.45, 2.75) is 19.0 Å². The van der Waals surface area contributed by atoms with Gasteiger partial charge in [-0.25, -0.2) is 9.78 Å². The van der Waals surface area contributed by atoms with E-state index in [0.717, 1.165) is 0 Å². The summed E-state index contributed by atoms with van der Waals surface area (Å²) in [6, 6.07) is 9.16. The first-order valence-corrected chi connectivity index (χ1v) is 6.86. The van der Waals surface area contributed by atoms with Crippen molar-refractivity contribution in [3.8, 4) is 11.5 Å². The number of carbonyl (C=O) groups is 1. The molecule has 1 aromatic heterocycles. The summed E-state index contributed by atoms with van der Waals surface area (Å²) in [5.74, 6) is -3.45. The lowest BCUT2D eigenvalue weighted by Gasteiger charge is -2.29. The molecule has 2 N–H and O–H groups in total. The van der Waals surface area contributed by atoms with Gasteiger partial charge < -0.3 is 9.47 Å². The molecule has 0 unspecified atom stereocenters. The van der Waals surface area contributed by atoms with Gasteiger partial charge in [-0.15, -0.1) is 0 Å². The van der Waals surface area contributed by atoms with Crippen LogP contribution in [0.5, 0.6) is 11.5 Å². The van der Waals surface area contributed by atoms with Crippen molar-refractivity contribution in [3.05, 3.63) is 48.2 Å². The van der Waals surface area contributed by atoms with Crippen molar-refractivity contribution >= 4 is 11.8 Å². The van der Waals surface area contributed by atoms with Gasteiger partial charge in [0.1, 0.15) is 5.82 Å². The Morgan fingerprint density at radius 3 is 2.25 bits per heavy atom. The van der Waals surface area contributed by atoms with E-state index >= 15 is 0 Å². The van der Waals surface area contributed by atoms with Gasteiger partial charge in [-0.3, -0.25) is 10.6 Å². The summed E-state index contributed by atoms with van der Waals surface area (Å²) in [6.07, 6.45) is -5.01. The number of fused-ring (bicyclic) bond motifs is 1. The number of nitrogens with zero attached hydrogens (tertiary/aromatic N) is 1. The number of carbonyl (C=O) groups excluding carboxylic acids is 1. The minimum absolute atomic E-state index is 0.0975. The number of alkyl halides is 3. The molecule has 6 nitrogen and oxygen atoms in total. The van der Waals surface area contributed by atoms with E-state index in [1.807, 2.05) is 0 Å². The van der Waals surface area contributed by atoms with E-state index in [1.165, 1.54) is 30.3 Å². The van der Waals surface area contributed by atoms with Gasteiger partial charge in [-0.1, -0.05) is 18.2 Å². The first-order valence-electron chi connectivity index (χ1n) is 6.86. The molecule has 0 aliphatic carbocycles. The van der Waals surface area contributed by atoms with E-state index in [-0.39, 0.29) is 17.3 Å². The van der Waals surface area contributed by atoms with E-state index in [2.05, 4.69) is 10.3 Å². The Bertz CT molecular complexity index is 755. The van der Waals surface area contributed by atoms with Crippen LogP contribution in [0.2, 0.25) is 0 Å².